The molecule has 0 bridgehead atoms. The first-order valence-electron chi connectivity index (χ1n) is 32.1. The maximum Gasteiger partial charge on any atom is 0.264 e. The summed E-state index contributed by atoms with van der Waals surface area (Å²) in [5, 5.41) is 5.56. The Morgan fingerprint density at radius 2 is 1.53 bits per heavy atom. The van der Waals surface area contributed by atoms with Gasteiger partial charge >= 0.3 is 0 Å². The number of rotatable bonds is 14. The molecule has 0 radical (unpaired) electrons. The Balaban J connectivity index is 0.695. The summed E-state index contributed by atoms with van der Waals surface area (Å²) in [6.45, 7) is 13.6. The number of imide groups is 2. The molecule has 13 rings (SSSR count). The van der Waals surface area contributed by atoms with Crippen LogP contribution in [-0.2, 0) is 29.4 Å². The van der Waals surface area contributed by atoms with Crippen molar-refractivity contribution in [1.82, 2.24) is 39.5 Å². The number of hydrogen-bond acceptors (Lipinski definition) is 13. The van der Waals surface area contributed by atoms with Crippen LogP contribution >= 0.6 is 0 Å². The van der Waals surface area contributed by atoms with E-state index < -0.39 is 40.9 Å². The van der Waals surface area contributed by atoms with E-state index in [0.29, 0.717) is 123 Å². The summed E-state index contributed by atoms with van der Waals surface area (Å²) in [4.78, 5) is 131. The smallest absolute Gasteiger partial charge is 0.264 e. The Bertz CT molecular complexity index is 3700. The van der Waals surface area contributed by atoms with Gasteiger partial charge in [-0.05, 0) is 164 Å². The van der Waals surface area contributed by atoms with Gasteiger partial charge in [-0.25, -0.2) is 14.4 Å². The number of nitrogens with one attached hydrogen (secondary N) is 2. The lowest BCUT2D eigenvalue weighted by molar-refractivity contribution is -0.140. The Morgan fingerprint density at radius 1 is 0.795 bits per heavy atom. The summed E-state index contributed by atoms with van der Waals surface area (Å²) in [6, 6.07) is 15.6. The molecule has 8 aliphatic rings. The largest absolute Gasteiger partial charge is 0.371 e. The molecular formula is C68H80FN11O8. The molecule has 6 aliphatic heterocycles. The van der Waals surface area contributed by atoms with Gasteiger partial charge in [-0.15, -0.1) is 0 Å². The van der Waals surface area contributed by atoms with Crippen molar-refractivity contribution in [2.75, 3.05) is 61.4 Å². The van der Waals surface area contributed by atoms with Crippen molar-refractivity contribution in [3.05, 3.63) is 94.6 Å². The van der Waals surface area contributed by atoms with E-state index in [1.165, 1.54) is 25.3 Å². The minimum Gasteiger partial charge on any atom is -0.371 e. The van der Waals surface area contributed by atoms with E-state index in [4.69, 9.17) is 9.97 Å². The second kappa shape index (κ2) is 23.3. The number of aryl methyl sites for hydroxylation is 1. The number of amides is 7. The highest BCUT2D eigenvalue weighted by atomic mass is 19.1. The van der Waals surface area contributed by atoms with E-state index >= 15 is 9.18 Å². The molecule has 1 spiro atoms. The number of carbonyl (C=O) groups is 8. The number of benzene rings is 3. The Morgan fingerprint density at radius 3 is 2.25 bits per heavy atom. The summed E-state index contributed by atoms with van der Waals surface area (Å²) < 4.78 is 18.0. The molecule has 6 fully saturated rings. The maximum atomic E-state index is 16.0. The number of ketones is 1. The molecule has 2 N–H and O–H groups in total. The van der Waals surface area contributed by atoms with Crippen molar-refractivity contribution < 1.29 is 42.7 Å². The van der Waals surface area contributed by atoms with Crippen LogP contribution in [0.1, 0.15) is 172 Å². The summed E-state index contributed by atoms with van der Waals surface area (Å²) >= 11 is 0. The summed E-state index contributed by atoms with van der Waals surface area (Å²) in [5.74, 6) is -2.62. The van der Waals surface area contributed by atoms with Crippen LogP contribution in [0.15, 0.2) is 60.9 Å². The van der Waals surface area contributed by atoms with Gasteiger partial charge in [0.1, 0.15) is 17.4 Å². The van der Waals surface area contributed by atoms with Gasteiger partial charge < -0.3 is 34.4 Å². The third kappa shape index (κ3) is 10.3. The van der Waals surface area contributed by atoms with Crippen LogP contribution in [0.4, 0.5) is 27.3 Å². The van der Waals surface area contributed by atoms with E-state index in [1.807, 2.05) is 66.1 Å². The fourth-order valence-corrected chi connectivity index (χ4v) is 15.8. The van der Waals surface area contributed by atoms with Crippen molar-refractivity contribution in [2.24, 2.45) is 17.8 Å². The van der Waals surface area contributed by atoms with E-state index in [0.717, 1.165) is 47.6 Å². The van der Waals surface area contributed by atoms with Crippen molar-refractivity contribution in [3.8, 4) is 11.3 Å². The van der Waals surface area contributed by atoms with Gasteiger partial charge in [0.25, 0.3) is 11.8 Å². The molecule has 5 aromatic rings. The maximum absolute atomic E-state index is 16.0. The predicted molar refractivity (Wildman–Crippen MR) is 331 cm³/mol. The average Bonchev–Trinajstić information content (AvgIpc) is 1.58. The highest BCUT2D eigenvalue weighted by Crippen LogP contribution is 2.53. The quantitative estimate of drug-likeness (QED) is 0.0785. The first-order valence-corrected chi connectivity index (χ1v) is 32.1. The van der Waals surface area contributed by atoms with Crippen LogP contribution in [0.2, 0.25) is 0 Å². The highest BCUT2D eigenvalue weighted by Gasteiger charge is 2.56. The number of anilines is 4. The van der Waals surface area contributed by atoms with Gasteiger partial charge in [0.15, 0.2) is 11.6 Å². The highest BCUT2D eigenvalue weighted by molar-refractivity contribution is 6.25. The minimum absolute atomic E-state index is 0.00761. The van der Waals surface area contributed by atoms with Crippen LogP contribution in [0, 0.1) is 30.5 Å². The fraction of sp³-hybridized carbons (Fsp3) is 0.529. The summed E-state index contributed by atoms with van der Waals surface area (Å²) in [5.41, 5.74) is 5.97. The molecule has 8 heterocycles. The zero-order chi connectivity index (χ0) is 61.6. The van der Waals surface area contributed by atoms with E-state index in [2.05, 4.69) is 32.6 Å². The Kier molecular flexibility index (Phi) is 15.6. The lowest BCUT2D eigenvalue weighted by Gasteiger charge is -2.48. The molecule has 19 nitrogen and oxygen atoms in total. The van der Waals surface area contributed by atoms with Crippen LogP contribution < -0.4 is 20.4 Å². The fourth-order valence-electron chi connectivity index (χ4n) is 15.8. The zero-order valence-electron chi connectivity index (χ0n) is 51.4. The topological polar surface area (TPSA) is 211 Å². The molecule has 2 atom stereocenters. The molecule has 462 valence electrons. The molecule has 88 heavy (non-hydrogen) atoms. The van der Waals surface area contributed by atoms with E-state index in [9.17, 15) is 33.6 Å². The number of carbonyl (C=O) groups excluding carboxylic acids is 8. The molecule has 7 amide bonds. The lowest BCUT2D eigenvalue weighted by Crippen LogP contribution is -2.58. The number of imidazole rings is 1. The van der Waals surface area contributed by atoms with Crippen LogP contribution in [0.5, 0.6) is 0 Å². The number of Topliss-reactive ketones (excluding diaryl/α,β-unsaturated/α-hetero) is 1. The SMILES string of the molecule is Cc1cc(F)c(Nc2nc(-c3ccc4c(c3)N(C3CC(N5CCCCC5)C3)C(=O)C43CCN(C(=O)[C@@H]4CCN(C(=O)C5CCC(N(C)c6cccc7c6C(=O)N(C6CCC(=O)NC6=O)C7=O)CC5)C4)CC3)cc3ncn(C(C)C)c23)cc1C(=O)CC(C)C. The van der Waals surface area contributed by atoms with Crippen molar-refractivity contribution in [2.45, 2.75) is 167 Å². The van der Waals surface area contributed by atoms with Crippen molar-refractivity contribution in [3.63, 3.8) is 0 Å². The zero-order valence-corrected chi connectivity index (χ0v) is 51.4. The number of piperidine rings is 3. The first-order chi connectivity index (χ1) is 42.3. The lowest BCUT2D eigenvalue weighted by atomic mass is 9.73. The number of aromatic nitrogens is 3. The van der Waals surface area contributed by atoms with Gasteiger partial charge in [0, 0.05) is 93.0 Å². The number of fused-ring (bicyclic) bond motifs is 4. The Labute approximate surface area is 512 Å². The van der Waals surface area contributed by atoms with Crippen molar-refractivity contribution >= 4 is 81.0 Å². The average molecular weight is 1200 g/mol. The molecule has 2 aliphatic carbocycles. The van der Waals surface area contributed by atoms with Crippen LogP contribution in [0.25, 0.3) is 22.3 Å². The standard InChI is InChI=1S/C68H80FN11O8/c1-38(2)29-57(81)48-34-52(50(69)30-40(48)5)72-61-60-53(70-37-78(60)39(3)4)35-51(71-61)42-15-18-49-56(31-42)79(46-32-45(33-46)75-24-8-7-9-25-75)67(88)68(49)22-27-76(28-23-68)64(85)43-21-26-77(36-43)63(84)41-13-16-44(17-14-41)74(6)54-12-10-11-47-59(54)66(87)80(65(47)86)55-19-20-58(82)73-62(55)83/h10-12,15,18,30-31,34-35,37-39,41,43-46,55H,7-9,13-14,16-17,19-29,32-33,36H2,1-6H3,(H,71,72)(H,73,82,83)/t41?,43-,44?,45?,46?,55?/m1/s1. The van der Waals surface area contributed by atoms with E-state index in [1.54, 1.807) is 37.5 Å². The number of likely N-dealkylation sites (tertiary alicyclic amines) is 3. The van der Waals surface area contributed by atoms with Gasteiger partial charge in [0.2, 0.25) is 29.5 Å². The van der Waals surface area contributed by atoms with Gasteiger partial charge in [-0.3, -0.25) is 48.6 Å². The van der Waals surface area contributed by atoms with Crippen LogP contribution in [-0.4, -0.2) is 152 Å². The third-order valence-corrected chi connectivity index (χ3v) is 20.8. The number of hydrogen-bond donors (Lipinski definition) is 2. The molecule has 4 saturated heterocycles. The molecule has 1 unspecified atom stereocenters. The monoisotopic (exact) mass is 1200 g/mol. The van der Waals surface area contributed by atoms with Gasteiger partial charge in [0.05, 0.1) is 51.4 Å². The molecule has 2 saturated carbocycles. The second-order valence-corrected chi connectivity index (χ2v) is 27.0. The Hall–Kier alpha value is -7.87. The molecule has 20 heteroatoms. The number of halogens is 1. The van der Waals surface area contributed by atoms with Crippen LogP contribution in [0.3, 0.4) is 0 Å². The van der Waals surface area contributed by atoms with E-state index in [-0.39, 0.29) is 89.0 Å². The second-order valence-electron chi connectivity index (χ2n) is 27.0. The molecular weight excluding hydrogens is 1120 g/mol. The number of pyridine rings is 1. The van der Waals surface area contributed by atoms with Gasteiger partial charge in [-0.2, -0.15) is 0 Å². The molecule has 2 aromatic heterocycles. The molecule has 3 aromatic carbocycles. The minimum atomic E-state index is -1.06. The summed E-state index contributed by atoms with van der Waals surface area (Å²) in [6.07, 6.45) is 11.7. The normalized spacial score (nSPS) is 24.6. The summed E-state index contributed by atoms with van der Waals surface area (Å²) in [7, 11) is 1.90. The first kappa shape index (κ1) is 59.1. The number of nitrogens with zero attached hydrogens (tertiary/aromatic N) is 9. The third-order valence-electron chi connectivity index (χ3n) is 20.8. The predicted octanol–water partition coefficient (Wildman–Crippen LogP) is 9.27. The van der Waals surface area contributed by atoms with Gasteiger partial charge in [-0.1, -0.05) is 38.5 Å². The van der Waals surface area contributed by atoms with Crippen molar-refractivity contribution in [1.29, 1.82) is 0 Å².